The van der Waals surface area contributed by atoms with Crippen LogP contribution in [0.2, 0.25) is 0 Å². The molecule has 6 rings (SSSR count). The van der Waals surface area contributed by atoms with Crippen LogP contribution < -0.4 is 10.4 Å². The van der Waals surface area contributed by atoms with Gasteiger partial charge >= 0.3 is 37.9 Å². The van der Waals surface area contributed by atoms with Gasteiger partial charge in [0, 0.05) is 5.56 Å². The molecule has 0 unspecified atom stereocenters. The summed E-state index contributed by atoms with van der Waals surface area (Å²) in [4.78, 5) is 10.8. The Morgan fingerprint density at radius 3 is 1.75 bits per heavy atom. The van der Waals surface area contributed by atoms with Gasteiger partial charge in [0.05, 0.1) is 5.91 Å². The van der Waals surface area contributed by atoms with E-state index in [0.29, 0.717) is 5.56 Å². The van der Waals surface area contributed by atoms with Crippen LogP contribution in [0.3, 0.4) is 0 Å². The summed E-state index contributed by atoms with van der Waals surface area (Å²) in [7, 11) is 10.1. The third-order valence-corrected chi connectivity index (χ3v) is 7.69. The van der Waals surface area contributed by atoms with Crippen molar-refractivity contribution in [3.8, 4) is 11.1 Å². The molecular weight excluding hydrogens is 629 g/mol. The van der Waals surface area contributed by atoms with E-state index in [0.717, 1.165) is 17.5 Å². The van der Waals surface area contributed by atoms with E-state index in [4.69, 9.17) is 22.8 Å². The first-order valence-electron chi connectivity index (χ1n) is 12.8. The fraction of sp³-hybridized carbons (Fsp3) is 0.0882. The minimum absolute atomic E-state index is 0.271. The smallest absolute Gasteiger partial charge is 0.103 e. The number of aryl methyl sites for hydroxylation is 2. The first kappa shape index (κ1) is 31.8. The van der Waals surface area contributed by atoms with Crippen molar-refractivity contribution in [2.24, 2.45) is 0 Å². The third-order valence-electron chi connectivity index (χ3n) is 6.26. The van der Waals surface area contributed by atoms with Crippen LogP contribution in [0.25, 0.3) is 16.9 Å². The molecule has 0 saturated carbocycles. The Bertz CT molecular complexity index is 1400. The van der Waals surface area contributed by atoms with Crippen molar-refractivity contribution in [3.05, 3.63) is 161 Å². The summed E-state index contributed by atoms with van der Waals surface area (Å²) in [5, 5.41) is 2.90. The zero-order chi connectivity index (χ0) is 28.7. The van der Waals surface area contributed by atoms with Crippen LogP contribution in [0.4, 0.5) is 0 Å². The molecule has 2 nitrogen and oxygen atoms in total. The number of benzene rings is 5. The topological polar surface area (TPSA) is 40.9 Å². The second-order valence-electron chi connectivity index (χ2n) is 9.03. The van der Waals surface area contributed by atoms with Crippen molar-refractivity contribution in [2.75, 3.05) is 0 Å². The second-order valence-corrected chi connectivity index (χ2v) is 14.4. The van der Waals surface area contributed by atoms with Crippen LogP contribution >= 0.6 is 17.0 Å². The van der Waals surface area contributed by atoms with Crippen LogP contribution in [-0.4, -0.2) is 15.4 Å². The SMILES string of the molecule is Cc1cccc(C)c1C([NH-])=O.[Cl][Zr+2][Cl].[c-]1cccc2c1Cc1ccccc1-2.c1ccc([SiH]c2ccccc2)cc1. The van der Waals surface area contributed by atoms with Gasteiger partial charge in [-0.15, -0.1) is 5.56 Å². The Labute approximate surface area is 259 Å². The molecule has 5 aromatic rings. The number of rotatable bonds is 3. The number of carbonyl (C=O) groups is 1. The van der Waals surface area contributed by atoms with Gasteiger partial charge in [0.1, 0.15) is 9.52 Å². The summed E-state index contributed by atoms with van der Waals surface area (Å²) in [6, 6.07) is 45.0. The van der Waals surface area contributed by atoms with Gasteiger partial charge in [-0.1, -0.05) is 125 Å². The van der Waals surface area contributed by atoms with Crippen LogP contribution in [0.1, 0.15) is 32.6 Å². The summed E-state index contributed by atoms with van der Waals surface area (Å²) in [6.45, 7) is 3.68. The molecule has 0 aliphatic heterocycles. The molecule has 1 aliphatic carbocycles. The van der Waals surface area contributed by atoms with Gasteiger partial charge in [0.2, 0.25) is 0 Å². The molecule has 0 heterocycles. The van der Waals surface area contributed by atoms with E-state index in [2.05, 4.69) is 103 Å². The van der Waals surface area contributed by atoms with Crippen LogP contribution in [0, 0.1) is 19.9 Å². The van der Waals surface area contributed by atoms with Crippen molar-refractivity contribution >= 4 is 42.8 Å². The molecule has 5 aromatic carbocycles. The Morgan fingerprint density at radius 2 is 1.23 bits per heavy atom. The number of halogens is 2. The van der Waals surface area contributed by atoms with E-state index < -0.39 is 26.8 Å². The monoisotopic (exact) mass is 656 g/mol. The van der Waals surface area contributed by atoms with Crippen LogP contribution in [-0.2, 0) is 27.3 Å². The molecule has 1 amide bonds. The van der Waals surface area contributed by atoms with Crippen LogP contribution in [0.5, 0.6) is 0 Å². The standard InChI is InChI=1S/C13H9.C12H11Si.C9H11NO.2ClH.Zr/c1-3-7-12-10(5-1)9-11-6-2-4-8-13(11)12;1-3-7-11(8-4-1)13-12-9-5-2-6-10-12;1-6-4-3-5-7(2)8(6)9(10)11;;;/h1-5,7-8H,9H2;1-10,13H;3-5H,1-2H3,(H2,10,11);2*1H;/q-1;;;;;+4/p-3. The maximum absolute atomic E-state index is 10.8. The summed E-state index contributed by atoms with van der Waals surface area (Å²) in [5.74, 6) is -0.597. The predicted octanol–water partition coefficient (Wildman–Crippen LogP) is 8.00. The summed E-state index contributed by atoms with van der Waals surface area (Å²) in [6.07, 6.45) is 1.05. The molecule has 0 fully saturated rings. The molecular formula is C34H30Cl2NOSiZr. The van der Waals surface area contributed by atoms with Gasteiger partial charge < -0.3 is 10.5 Å². The number of hydrogen-bond donors (Lipinski definition) is 0. The van der Waals surface area contributed by atoms with E-state index in [1.165, 1.54) is 32.6 Å². The van der Waals surface area contributed by atoms with Crippen molar-refractivity contribution in [2.45, 2.75) is 20.3 Å². The first-order valence-corrected chi connectivity index (χ1v) is 20.2. The average Bonchev–Trinajstić information content (AvgIpc) is 3.34. The number of amides is 1. The predicted molar refractivity (Wildman–Crippen MR) is 169 cm³/mol. The summed E-state index contributed by atoms with van der Waals surface area (Å²) < 4.78 is 0. The Kier molecular flexibility index (Phi) is 13.6. The molecule has 0 bridgehead atoms. The van der Waals surface area contributed by atoms with Gasteiger partial charge in [0.25, 0.3) is 0 Å². The molecule has 0 saturated heterocycles. The van der Waals surface area contributed by atoms with Crippen molar-refractivity contribution in [1.29, 1.82) is 0 Å². The first-order chi connectivity index (χ1) is 19.4. The van der Waals surface area contributed by atoms with Crippen molar-refractivity contribution < 1.29 is 25.6 Å². The average molecular weight is 659 g/mol. The van der Waals surface area contributed by atoms with E-state index in [1.54, 1.807) is 0 Å². The van der Waals surface area contributed by atoms with Gasteiger partial charge in [0.15, 0.2) is 0 Å². The molecule has 40 heavy (non-hydrogen) atoms. The number of fused-ring (bicyclic) bond motifs is 3. The molecule has 1 N–H and O–H groups in total. The van der Waals surface area contributed by atoms with Crippen molar-refractivity contribution in [1.82, 2.24) is 0 Å². The minimum Gasteiger partial charge on any atom is -0.179 e. The molecule has 0 atom stereocenters. The maximum atomic E-state index is 10.8. The second kappa shape index (κ2) is 17.1. The fourth-order valence-electron chi connectivity index (χ4n) is 4.46. The minimum atomic E-state index is -0.826. The van der Waals surface area contributed by atoms with Gasteiger partial charge in [-0.05, 0) is 31.4 Å². The maximum Gasteiger partial charge on any atom is 0.103 e. The summed E-state index contributed by atoms with van der Waals surface area (Å²) >= 11 is -0.826. The third kappa shape index (κ3) is 9.71. The van der Waals surface area contributed by atoms with Crippen molar-refractivity contribution in [3.63, 3.8) is 0 Å². The zero-order valence-corrected chi connectivity index (χ0v) is 27.6. The Morgan fingerprint density at radius 1 is 0.725 bits per heavy atom. The Hall–Kier alpha value is -2.75. The summed E-state index contributed by atoms with van der Waals surface area (Å²) in [5.41, 5.74) is 14.8. The molecule has 1 radical (unpaired) electrons. The number of nitrogens with one attached hydrogen (secondary N) is 1. The van der Waals surface area contributed by atoms with E-state index in [1.807, 2.05) is 38.1 Å². The van der Waals surface area contributed by atoms with E-state index in [-0.39, 0.29) is 9.52 Å². The Balaban J connectivity index is 0.000000158. The molecule has 0 aromatic heterocycles. The normalized spacial score (nSPS) is 10.1. The molecule has 199 valence electrons. The van der Waals surface area contributed by atoms with E-state index in [9.17, 15) is 4.79 Å². The molecule has 0 spiro atoms. The molecule has 1 aliphatic rings. The quantitative estimate of drug-likeness (QED) is 0.140. The van der Waals surface area contributed by atoms with Crippen LogP contribution in [0.15, 0.2) is 121 Å². The molecule has 6 heteroatoms. The fourth-order valence-corrected chi connectivity index (χ4v) is 5.68. The number of hydrogen-bond acceptors (Lipinski definition) is 1. The van der Waals surface area contributed by atoms with E-state index >= 15 is 0 Å². The van der Waals surface area contributed by atoms with Gasteiger partial charge in [-0.2, -0.15) is 29.8 Å². The zero-order valence-electron chi connectivity index (χ0n) is 22.5. The van der Waals surface area contributed by atoms with Gasteiger partial charge in [-0.25, -0.2) is 0 Å². The van der Waals surface area contributed by atoms with Gasteiger partial charge in [-0.3, -0.25) is 0 Å². The largest absolute Gasteiger partial charge is 0.179 e. The number of carbonyl (C=O) groups excluding carboxylic acids is 1.